The number of benzene rings is 4. The van der Waals surface area contributed by atoms with Crippen molar-refractivity contribution < 1.29 is 27.6 Å². The van der Waals surface area contributed by atoms with Gasteiger partial charge in [0.25, 0.3) is 10.1 Å². The maximum absolute atomic E-state index is 12.9. The Balaban J connectivity index is 1.04. The van der Waals surface area contributed by atoms with Crippen molar-refractivity contribution in [1.82, 2.24) is 29.9 Å². The predicted molar refractivity (Wildman–Crippen MR) is 256 cm³/mol. The molecular formula is C44H50N14O6S2. The molecule has 8 rings (SSSR count). The van der Waals surface area contributed by atoms with E-state index in [2.05, 4.69) is 66.8 Å². The van der Waals surface area contributed by atoms with Crippen molar-refractivity contribution in [2.24, 2.45) is 11.5 Å². The molecule has 4 unspecified atom stereocenters. The van der Waals surface area contributed by atoms with Crippen molar-refractivity contribution >= 4 is 92.8 Å². The standard InChI is InChI=1S/C44H50N14O6S2/c45-33-15-7-9-17-35(33)51-43-55-39(47-29-11-3-1-4-12-29)53-41(57-43)49-31-23-21-27(37(25-31)65-64-63-59)19-20-28-22-24-32(26-38(28)66(60,61)62)50-42-54-40(48-30-13-5-2-6-14-30)56-44(58-42)52-36-18-10-8-16-34(36)46/h1-6,11-14,19-26,33-36,59H,7-10,15-18,45-46H2,(H,60,61,62)(H3,47,49,51,53,55,57)(H3,48,50,52,54,56,58). The van der Waals surface area contributed by atoms with Crippen molar-refractivity contribution in [3.8, 4) is 0 Å². The van der Waals surface area contributed by atoms with E-state index in [4.69, 9.17) is 21.1 Å². The van der Waals surface area contributed by atoms with Crippen LogP contribution in [0.3, 0.4) is 0 Å². The lowest BCUT2D eigenvalue weighted by Gasteiger charge is -2.29. The van der Waals surface area contributed by atoms with Gasteiger partial charge in [0.2, 0.25) is 35.7 Å². The van der Waals surface area contributed by atoms with E-state index in [1.807, 2.05) is 60.7 Å². The zero-order chi connectivity index (χ0) is 45.9. The van der Waals surface area contributed by atoms with Crippen LogP contribution >= 0.6 is 12.0 Å². The number of rotatable bonds is 18. The van der Waals surface area contributed by atoms with E-state index in [1.165, 1.54) is 18.2 Å². The lowest BCUT2D eigenvalue weighted by molar-refractivity contribution is -0.432. The SMILES string of the molecule is NC1CCCCC1Nc1nc(Nc2ccccc2)nc(Nc2ccc(C=Cc3ccc(Nc4nc(Nc5ccccc5)nc(NC5CCCCC5N)n4)cc3S(=O)(=O)O)c(SOOO)c2)n1. The van der Waals surface area contributed by atoms with Crippen LogP contribution in [0.4, 0.5) is 58.4 Å². The highest BCUT2D eigenvalue weighted by Gasteiger charge is 2.25. The molecule has 344 valence electrons. The monoisotopic (exact) mass is 934 g/mol. The summed E-state index contributed by atoms with van der Waals surface area (Å²) in [4.78, 5) is 27.6. The molecule has 12 N–H and O–H groups in total. The molecule has 0 bridgehead atoms. The first-order valence-electron chi connectivity index (χ1n) is 21.4. The van der Waals surface area contributed by atoms with Gasteiger partial charge in [0.15, 0.2) is 0 Å². The minimum Gasteiger partial charge on any atom is -0.350 e. The molecule has 0 spiro atoms. The van der Waals surface area contributed by atoms with Crippen molar-refractivity contribution in [2.75, 3.05) is 31.9 Å². The molecule has 2 saturated carbocycles. The maximum Gasteiger partial charge on any atom is 0.295 e. The van der Waals surface area contributed by atoms with Gasteiger partial charge in [-0.25, -0.2) is 5.26 Å². The number of hydrogen-bond donors (Lipinski definition) is 10. The molecule has 0 radical (unpaired) electrons. The van der Waals surface area contributed by atoms with Gasteiger partial charge in [-0.2, -0.15) is 38.3 Å². The van der Waals surface area contributed by atoms with Crippen LogP contribution in [0.2, 0.25) is 0 Å². The molecule has 4 atom stereocenters. The van der Waals surface area contributed by atoms with Crippen molar-refractivity contribution in [2.45, 2.75) is 85.3 Å². The van der Waals surface area contributed by atoms with Crippen LogP contribution in [0.15, 0.2) is 107 Å². The lowest BCUT2D eigenvalue weighted by Crippen LogP contribution is -2.43. The Kier molecular flexibility index (Phi) is 15.1. The summed E-state index contributed by atoms with van der Waals surface area (Å²) >= 11 is 0.696. The zero-order valence-corrected chi connectivity index (χ0v) is 37.2. The number of aromatic nitrogens is 6. The summed E-state index contributed by atoms with van der Waals surface area (Å²) in [5, 5.41) is 32.4. The van der Waals surface area contributed by atoms with Crippen LogP contribution in [-0.4, -0.2) is 72.3 Å². The number of nitrogens with one attached hydrogen (secondary N) is 6. The second-order valence-corrected chi connectivity index (χ2v) is 17.9. The molecule has 2 fully saturated rings. The molecule has 20 nitrogen and oxygen atoms in total. The first-order chi connectivity index (χ1) is 32.0. The molecule has 22 heteroatoms. The Bertz CT molecular complexity index is 2720. The van der Waals surface area contributed by atoms with Crippen LogP contribution in [0.25, 0.3) is 12.2 Å². The van der Waals surface area contributed by atoms with Gasteiger partial charge < -0.3 is 43.4 Å². The van der Waals surface area contributed by atoms with Gasteiger partial charge in [-0.3, -0.25) is 4.55 Å². The molecule has 2 heterocycles. The van der Waals surface area contributed by atoms with E-state index < -0.39 is 10.1 Å². The van der Waals surface area contributed by atoms with E-state index in [-0.39, 0.29) is 64.1 Å². The van der Waals surface area contributed by atoms with Crippen LogP contribution in [0.5, 0.6) is 0 Å². The van der Waals surface area contributed by atoms with Crippen LogP contribution in [0, 0.1) is 0 Å². The van der Waals surface area contributed by atoms with Gasteiger partial charge in [-0.1, -0.05) is 91.4 Å². The third-order valence-corrected chi connectivity index (χ3v) is 12.6. The molecule has 0 aliphatic heterocycles. The fourth-order valence-corrected chi connectivity index (χ4v) is 8.92. The fraction of sp³-hybridized carbons (Fsp3) is 0.273. The van der Waals surface area contributed by atoms with Crippen LogP contribution < -0.4 is 43.4 Å². The van der Waals surface area contributed by atoms with Gasteiger partial charge in [0, 0.05) is 51.8 Å². The van der Waals surface area contributed by atoms with E-state index >= 15 is 0 Å². The molecule has 2 aromatic heterocycles. The number of anilines is 10. The number of hydrogen-bond acceptors (Lipinski definition) is 20. The largest absolute Gasteiger partial charge is 0.350 e. The third kappa shape index (κ3) is 12.6. The Hall–Kier alpha value is -6.50. The van der Waals surface area contributed by atoms with Crippen LogP contribution in [-0.2, 0) is 19.5 Å². The Morgan fingerprint density at radius 3 is 1.45 bits per heavy atom. The normalized spacial score (nSPS) is 18.7. The number of nitrogens with two attached hydrogens (primary N) is 2. The van der Waals surface area contributed by atoms with Crippen LogP contribution in [0.1, 0.15) is 62.5 Å². The van der Waals surface area contributed by atoms with E-state index in [0.717, 1.165) is 62.7 Å². The molecule has 6 aromatic rings. The number of para-hydroxylation sites is 2. The molecule has 4 aromatic carbocycles. The Morgan fingerprint density at radius 2 is 0.985 bits per heavy atom. The summed E-state index contributed by atoms with van der Waals surface area (Å²) in [7, 11) is -4.75. The zero-order valence-electron chi connectivity index (χ0n) is 35.5. The average molecular weight is 935 g/mol. The molecule has 0 saturated heterocycles. The van der Waals surface area contributed by atoms with Gasteiger partial charge in [-0.15, -0.1) is 4.33 Å². The summed E-state index contributed by atoms with van der Waals surface area (Å²) in [5.41, 5.74) is 15.9. The van der Waals surface area contributed by atoms with Crippen molar-refractivity contribution in [3.63, 3.8) is 0 Å². The minimum atomic E-state index is -4.75. The molecule has 2 aliphatic rings. The van der Waals surface area contributed by atoms with E-state index in [0.29, 0.717) is 40.1 Å². The summed E-state index contributed by atoms with van der Waals surface area (Å²) < 4.78 is 40.9. The quantitative estimate of drug-likeness (QED) is 0.0128. The third-order valence-electron chi connectivity index (χ3n) is 11.0. The second-order valence-electron chi connectivity index (χ2n) is 15.8. The highest BCUT2D eigenvalue weighted by Crippen LogP contribution is 2.32. The summed E-state index contributed by atoms with van der Waals surface area (Å²) in [6, 6.07) is 28.3. The minimum absolute atomic E-state index is 0.00905. The van der Waals surface area contributed by atoms with E-state index in [1.54, 1.807) is 30.3 Å². The molecule has 66 heavy (non-hydrogen) atoms. The fourth-order valence-electron chi connectivity index (χ4n) is 7.70. The average Bonchev–Trinajstić information content (AvgIpc) is 3.30. The summed E-state index contributed by atoms with van der Waals surface area (Å²) in [6.07, 6.45) is 10.8. The first kappa shape index (κ1) is 46.0. The van der Waals surface area contributed by atoms with Gasteiger partial charge in [0.1, 0.15) is 4.90 Å². The molecular weight excluding hydrogens is 885 g/mol. The first-order valence-corrected chi connectivity index (χ1v) is 23.6. The summed E-state index contributed by atoms with van der Waals surface area (Å²) in [6.45, 7) is 0. The second kappa shape index (κ2) is 21.7. The van der Waals surface area contributed by atoms with Gasteiger partial charge in [0.05, 0.1) is 12.0 Å². The molecule has 2 aliphatic carbocycles. The topological polar surface area (TPSA) is 295 Å². The highest BCUT2D eigenvalue weighted by atomic mass is 32.2. The van der Waals surface area contributed by atoms with Crippen molar-refractivity contribution in [1.29, 1.82) is 0 Å². The number of nitrogens with zero attached hydrogens (tertiary/aromatic N) is 6. The van der Waals surface area contributed by atoms with Gasteiger partial charge >= 0.3 is 0 Å². The summed E-state index contributed by atoms with van der Waals surface area (Å²) in [5.74, 6) is 1.51. The maximum atomic E-state index is 12.9. The van der Waals surface area contributed by atoms with E-state index in [9.17, 15) is 13.0 Å². The predicted octanol–water partition coefficient (Wildman–Crippen LogP) is 8.24. The Morgan fingerprint density at radius 1 is 0.561 bits per heavy atom. The lowest BCUT2D eigenvalue weighted by atomic mass is 9.91. The molecule has 0 amide bonds. The smallest absolute Gasteiger partial charge is 0.295 e. The highest BCUT2D eigenvalue weighted by molar-refractivity contribution is 7.94. The van der Waals surface area contributed by atoms with Crippen molar-refractivity contribution in [3.05, 3.63) is 108 Å². The Labute approximate surface area is 385 Å². The van der Waals surface area contributed by atoms with Gasteiger partial charge in [-0.05, 0) is 85.3 Å².